The van der Waals surface area contributed by atoms with Crippen molar-refractivity contribution in [3.63, 3.8) is 0 Å². The molecular formula is C20H36N+. The summed E-state index contributed by atoms with van der Waals surface area (Å²) >= 11 is 0. The van der Waals surface area contributed by atoms with E-state index in [0.717, 1.165) is 0 Å². The van der Waals surface area contributed by atoms with Gasteiger partial charge in [0.05, 0.1) is 27.2 Å². The topological polar surface area (TPSA) is 0 Å². The molecule has 0 heterocycles. The van der Waals surface area contributed by atoms with Crippen LogP contribution in [0.25, 0.3) is 0 Å². The molecule has 1 nitrogen and oxygen atoms in total. The first-order valence-corrected chi connectivity index (χ1v) is 9.00. The van der Waals surface area contributed by atoms with Crippen molar-refractivity contribution in [2.75, 3.05) is 27.2 Å². The predicted octanol–water partition coefficient (Wildman–Crippen LogP) is 5.45. The maximum atomic E-state index is 2.39. The van der Waals surface area contributed by atoms with Crippen LogP contribution in [-0.2, 0) is 6.42 Å². The van der Waals surface area contributed by atoms with Gasteiger partial charge in [0.1, 0.15) is 0 Å². The average Bonchev–Trinajstić information content (AvgIpc) is 2.47. The van der Waals surface area contributed by atoms with Gasteiger partial charge in [0.15, 0.2) is 0 Å². The molecule has 0 aromatic heterocycles. The van der Waals surface area contributed by atoms with Gasteiger partial charge in [-0.1, -0.05) is 69.4 Å². The van der Waals surface area contributed by atoms with Crippen LogP contribution in [0.15, 0.2) is 30.3 Å². The maximum Gasteiger partial charge on any atom is 0.0785 e. The van der Waals surface area contributed by atoms with E-state index in [0.29, 0.717) is 0 Å². The zero-order valence-electron chi connectivity index (χ0n) is 14.6. The smallest absolute Gasteiger partial charge is 0.0785 e. The van der Waals surface area contributed by atoms with Crippen molar-refractivity contribution in [2.24, 2.45) is 0 Å². The summed E-state index contributed by atoms with van der Waals surface area (Å²) in [6, 6.07) is 10.9. The lowest BCUT2D eigenvalue weighted by Gasteiger charge is -2.30. The summed E-state index contributed by atoms with van der Waals surface area (Å²) in [5, 5.41) is 0. The molecule has 0 fully saturated rings. The van der Waals surface area contributed by atoms with Crippen LogP contribution in [0.1, 0.15) is 63.9 Å². The van der Waals surface area contributed by atoms with Gasteiger partial charge in [-0.05, 0) is 24.8 Å². The molecule has 0 spiro atoms. The van der Waals surface area contributed by atoms with E-state index in [4.69, 9.17) is 0 Å². The lowest BCUT2D eigenvalue weighted by Crippen LogP contribution is -2.41. The molecule has 21 heavy (non-hydrogen) atoms. The van der Waals surface area contributed by atoms with Gasteiger partial charge in [-0.3, -0.25) is 0 Å². The highest BCUT2D eigenvalue weighted by Crippen LogP contribution is 2.11. The average molecular weight is 291 g/mol. The Hall–Kier alpha value is -0.820. The largest absolute Gasteiger partial charge is 0.328 e. The third-order valence-electron chi connectivity index (χ3n) is 4.44. The van der Waals surface area contributed by atoms with Crippen LogP contribution in [-0.4, -0.2) is 31.7 Å². The van der Waals surface area contributed by atoms with E-state index in [2.05, 4.69) is 51.4 Å². The van der Waals surface area contributed by atoms with Gasteiger partial charge in [0.25, 0.3) is 0 Å². The normalized spacial score (nSPS) is 11.8. The Morgan fingerprint density at radius 1 is 0.714 bits per heavy atom. The molecule has 0 atom stereocenters. The molecule has 120 valence electrons. The van der Waals surface area contributed by atoms with Crippen LogP contribution in [0.5, 0.6) is 0 Å². The summed E-state index contributed by atoms with van der Waals surface area (Å²) in [6.07, 6.45) is 12.4. The van der Waals surface area contributed by atoms with Crippen molar-refractivity contribution in [3.05, 3.63) is 35.9 Å². The molecule has 0 saturated heterocycles. The van der Waals surface area contributed by atoms with Gasteiger partial charge in [0.2, 0.25) is 0 Å². The van der Waals surface area contributed by atoms with E-state index >= 15 is 0 Å². The van der Waals surface area contributed by atoms with Crippen LogP contribution in [0.2, 0.25) is 0 Å². The maximum absolute atomic E-state index is 2.39. The van der Waals surface area contributed by atoms with E-state index in [1.807, 2.05) is 0 Å². The Kier molecular flexibility index (Phi) is 9.41. The number of aryl methyl sites for hydroxylation is 1. The molecule has 0 saturated carbocycles. The highest BCUT2D eigenvalue weighted by Gasteiger charge is 2.13. The van der Waals surface area contributed by atoms with E-state index in [1.54, 1.807) is 0 Å². The summed E-state index contributed by atoms with van der Waals surface area (Å²) in [6.45, 7) is 4.92. The fourth-order valence-corrected chi connectivity index (χ4v) is 2.96. The second kappa shape index (κ2) is 10.8. The predicted molar refractivity (Wildman–Crippen MR) is 94.6 cm³/mol. The summed E-state index contributed by atoms with van der Waals surface area (Å²) in [5.41, 5.74) is 1.48. The molecule has 0 radical (unpaired) electrons. The molecule has 0 aliphatic carbocycles. The Morgan fingerprint density at radius 2 is 1.29 bits per heavy atom. The van der Waals surface area contributed by atoms with E-state index < -0.39 is 0 Å². The zero-order valence-corrected chi connectivity index (χ0v) is 14.6. The molecule has 0 amide bonds. The van der Waals surface area contributed by atoms with Crippen molar-refractivity contribution in [1.82, 2.24) is 0 Å². The summed E-state index contributed by atoms with van der Waals surface area (Å²) in [4.78, 5) is 0. The van der Waals surface area contributed by atoms with Crippen molar-refractivity contribution >= 4 is 0 Å². The molecule has 0 aliphatic heterocycles. The highest BCUT2D eigenvalue weighted by atomic mass is 15.3. The zero-order chi connectivity index (χ0) is 15.4. The minimum atomic E-state index is 1.18. The lowest BCUT2D eigenvalue weighted by atomic mass is 10.1. The van der Waals surface area contributed by atoms with Gasteiger partial charge in [-0.25, -0.2) is 0 Å². The number of nitrogens with zero attached hydrogens (tertiary/aromatic N) is 1. The van der Waals surface area contributed by atoms with Crippen molar-refractivity contribution < 1.29 is 4.48 Å². The molecule has 1 aromatic rings. The molecular weight excluding hydrogens is 254 g/mol. The summed E-state index contributed by atoms with van der Waals surface area (Å²) < 4.78 is 1.18. The number of hydrogen-bond acceptors (Lipinski definition) is 0. The Balaban J connectivity index is 2.04. The molecule has 1 aromatic carbocycles. The molecule has 1 heteroatoms. The number of quaternary nitrogens is 1. The van der Waals surface area contributed by atoms with Crippen LogP contribution in [0.4, 0.5) is 0 Å². The monoisotopic (exact) mass is 290 g/mol. The summed E-state index contributed by atoms with van der Waals surface area (Å²) in [5.74, 6) is 0. The van der Waals surface area contributed by atoms with Crippen molar-refractivity contribution in [2.45, 2.75) is 64.7 Å². The van der Waals surface area contributed by atoms with Gasteiger partial charge < -0.3 is 4.48 Å². The molecule has 0 unspecified atom stereocenters. The number of hydrogen-bond donors (Lipinski definition) is 0. The third kappa shape index (κ3) is 9.68. The van der Waals surface area contributed by atoms with Crippen molar-refractivity contribution in [1.29, 1.82) is 0 Å². The number of unbranched alkanes of at least 4 members (excludes halogenated alkanes) is 6. The quantitative estimate of drug-likeness (QED) is 0.355. The van der Waals surface area contributed by atoms with Crippen LogP contribution in [0, 0.1) is 0 Å². The first-order chi connectivity index (χ1) is 10.1. The van der Waals surface area contributed by atoms with Gasteiger partial charge in [-0.15, -0.1) is 0 Å². The second-order valence-corrected chi connectivity index (χ2v) is 7.09. The Bertz CT molecular complexity index is 342. The first-order valence-electron chi connectivity index (χ1n) is 9.00. The Labute approximate surface area is 133 Å². The molecule has 0 N–H and O–H groups in total. The SMILES string of the molecule is CCCCCCCCC[N+](C)(C)CCCc1ccccc1. The first kappa shape index (κ1) is 18.2. The second-order valence-electron chi connectivity index (χ2n) is 7.09. The molecule has 0 bridgehead atoms. The van der Waals surface area contributed by atoms with E-state index in [9.17, 15) is 0 Å². The van der Waals surface area contributed by atoms with E-state index in [1.165, 1.54) is 80.9 Å². The Morgan fingerprint density at radius 3 is 1.95 bits per heavy atom. The third-order valence-corrected chi connectivity index (χ3v) is 4.44. The number of rotatable bonds is 12. The number of benzene rings is 1. The van der Waals surface area contributed by atoms with Gasteiger partial charge in [0, 0.05) is 6.42 Å². The highest BCUT2D eigenvalue weighted by molar-refractivity contribution is 5.14. The fourth-order valence-electron chi connectivity index (χ4n) is 2.96. The standard InChI is InChI=1S/C20H36N/c1-4-5-6-7-8-9-13-18-21(2,3)19-14-17-20-15-11-10-12-16-20/h10-12,15-16H,4-9,13-14,17-19H2,1-3H3/q+1. The molecule has 0 aliphatic rings. The van der Waals surface area contributed by atoms with E-state index in [-0.39, 0.29) is 0 Å². The minimum Gasteiger partial charge on any atom is -0.328 e. The summed E-state index contributed by atoms with van der Waals surface area (Å²) in [7, 11) is 4.78. The van der Waals surface area contributed by atoms with Crippen LogP contribution < -0.4 is 0 Å². The van der Waals surface area contributed by atoms with Crippen LogP contribution >= 0.6 is 0 Å². The van der Waals surface area contributed by atoms with Gasteiger partial charge >= 0.3 is 0 Å². The van der Waals surface area contributed by atoms with Gasteiger partial charge in [-0.2, -0.15) is 0 Å². The fraction of sp³-hybridized carbons (Fsp3) is 0.700. The lowest BCUT2D eigenvalue weighted by molar-refractivity contribution is -0.890. The van der Waals surface area contributed by atoms with Crippen molar-refractivity contribution in [3.8, 4) is 0 Å². The minimum absolute atomic E-state index is 1.18. The molecule has 1 rings (SSSR count). The van der Waals surface area contributed by atoms with Crippen LogP contribution in [0.3, 0.4) is 0 Å².